The predicted octanol–water partition coefficient (Wildman–Crippen LogP) is 0.921. The first kappa shape index (κ1) is 16.4. The fourth-order valence-corrected chi connectivity index (χ4v) is 2.05. The van der Waals surface area contributed by atoms with Crippen molar-refractivity contribution in [1.29, 1.82) is 0 Å². The van der Waals surface area contributed by atoms with Crippen LogP contribution in [0.25, 0.3) is 0 Å². The molecule has 17 heavy (non-hydrogen) atoms. The minimum atomic E-state index is -0.0786. The van der Waals surface area contributed by atoms with Gasteiger partial charge in [0.1, 0.15) is 0 Å². The summed E-state index contributed by atoms with van der Waals surface area (Å²) in [6.07, 6.45) is 0. The Kier molecular flexibility index (Phi) is 6.72. The molecule has 0 aliphatic rings. The van der Waals surface area contributed by atoms with Gasteiger partial charge in [0.05, 0.1) is 5.92 Å². The maximum Gasteiger partial charge on any atom is 0.224 e. The van der Waals surface area contributed by atoms with Crippen LogP contribution in [0.5, 0.6) is 0 Å². The molecule has 0 spiro atoms. The molecule has 0 aromatic rings. The van der Waals surface area contributed by atoms with Gasteiger partial charge in [0.15, 0.2) is 0 Å². The Labute approximate surface area is 106 Å². The molecule has 1 atom stereocenters. The molecule has 0 aromatic heterocycles. The van der Waals surface area contributed by atoms with E-state index < -0.39 is 0 Å². The SMILES string of the molecule is CC(C)C(CN)C(=O)NCC(C)(C)CN(C)C. The highest BCUT2D eigenvalue weighted by molar-refractivity contribution is 5.79. The second-order valence-corrected chi connectivity index (χ2v) is 6.21. The molecule has 0 heterocycles. The van der Waals surface area contributed by atoms with Crippen molar-refractivity contribution in [3.8, 4) is 0 Å². The fraction of sp³-hybridized carbons (Fsp3) is 0.923. The molecule has 0 fully saturated rings. The molecule has 4 heteroatoms. The maximum atomic E-state index is 11.9. The first-order chi connectivity index (χ1) is 7.69. The topological polar surface area (TPSA) is 58.4 Å². The molecule has 0 aliphatic carbocycles. The van der Waals surface area contributed by atoms with Crippen molar-refractivity contribution >= 4 is 5.91 Å². The summed E-state index contributed by atoms with van der Waals surface area (Å²) >= 11 is 0. The molecule has 0 aliphatic heterocycles. The molecule has 102 valence electrons. The van der Waals surface area contributed by atoms with Crippen molar-refractivity contribution in [2.24, 2.45) is 23.0 Å². The highest BCUT2D eigenvalue weighted by Gasteiger charge is 2.24. The van der Waals surface area contributed by atoms with Gasteiger partial charge in [0.2, 0.25) is 5.91 Å². The van der Waals surface area contributed by atoms with Gasteiger partial charge in [-0.25, -0.2) is 0 Å². The van der Waals surface area contributed by atoms with E-state index in [9.17, 15) is 4.79 Å². The highest BCUT2D eigenvalue weighted by Crippen LogP contribution is 2.15. The number of nitrogens with two attached hydrogens (primary N) is 1. The van der Waals surface area contributed by atoms with Gasteiger partial charge in [-0.3, -0.25) is 4.79 Å². The van der Waals surface area contributed by atoms with E-state index in [2.05, 4.69) is 24.1 Å². The fourth-order valence-electron chi connectivity index (χ4n) is 2.05. The van der Waals surface area contributed by atoms with E-state index in [0.29, 0.717) is 13.1 Å². The van der Waals surface area contributed by atoms with E-state index in [1.807, 2.05) is 27.9 Å². The van der Waals surface area contributed by atoms with Crippen molar-refractivity contribution in [3.63, 3.8) is 0 Å². The maximum absolute atomic E-state index is 11.9. The largest absolute Gasteiger partial charge is 0.355 e. The number of rotatable bonds is 7. The summed E-state index contributed by atoms with van der Waals surface area (Å²) in [5, 5.41) is 3.02. The standard InChI is InChI=1S/C13H29N3O/c1-10(2)11(7-14)12(17)15-8-13(3,4)9-16(5)6/h10-11H,7-9,14H2,1-6H3,(H,15,17). The van der Waals surface area contributed by atoms with Crippen LogP contribution in [-0.2, 0) is 4.79 Å². The Bertz CT molecular complexity index is 237. The summed E-state index contributed by atoms with van der Waals surface area (Å²) < 4.78 is 0. The van der Waals surface area contributed by atoms with E-state index >= 15 is 0 Å². The average molecular weight is 243 g/mol. The van der Waals surface area contributed by atoms with Gasteiger partial charge < -0.3 is 16.0 Å². The van der Waals surface area contributed by atoms with Gasteiger partial charge in [-0.1, -0.05) is 27.7 Å². The van der Waals surface area contributed by atoms with Crippen molar-refractivity contribution in [2.45, 2.75) is 27.7 Å². The number of hydrogen-bond acceptors (Lipinski definition) is 3. The Hall–Kier alpha value is -0.610. The number of nitrogens with one attached hydrogen (secondary N) is 1. The smallest absolute Gasteiger partial charge is 0.224 e. The molecule has 0 saturated carbocycles. The second-order valence-electron chi connectivity index (χ2n) is 6.21. The van der Waals surface area contributed by atoms with Gasteiger partial charge in [0, 0.05) is 19.6 Å². The zero-order chi connectivity index (χ0) is 13.6. The Morgan fingerprint density at radius 1 is 1.35 bits per heavy atom. The summed E-state index contributed by atoms with van der Waals surface area (Å²) in [4.78, 5) is 14.1. The number of hydrogen-bond donors (Lipinski definition) is 2. The van der Waals surface area contributed by atoms with E-state index in [1.165, 1.54) is 0 Å². The number of carbonyl (C=O) groups excluding carboxylic acids is 1. The summed E-state index contributed by atoms with van der Waals surface area (Å²) in [6, 6.07) is 0. The van der Waals surface area contributed by atoms with Crippen LogP contribution in [0.2, 0.25) is 0 Å². The predicted molar refractivity (Wildman–Crippen MR) is 72.7 cm³/mol. The summed E-state index contributed by atoms with van der Waals surface area (Å²) in [7, 11) is 4.08. The Morgan fingerprint density at radius 2 is 1.88 bits per heavy atom. The van der Waals surface area contributed by atoms with Crippen LogP contribution in [0.15, 0.2) is 0 Å². The molecular weight excluding hydrogens is 214 g/mol. The van der Waals surface area contributed by atoms with Crippen LogP contribution in [0.4, 0.5) is 0 Å². The number of amides is 1. The molecule has 3 N–H and O–H groups in total. The summed E-state index contributed by atoms with van der Waals surface area (Å²) in [6.45, 7) is 10.4. The number of carbonyl (C=O) groups is 1. The molecule has 0 radical (unpaired) electrons. The zero-order valence-corrected chi connectivity index (χ0v) is 12.2. The highest BCUT2D eigenvalue weighted by atomic mass is 16.1. The summed E-state index contributed by atoms with van der Waals surface area (Å²) in [5.41, 5.74) is 5.70. The molecule has 1 unspecified atom stereocenters. The van der Waals surface area contributed by atoms with Crippen LogP contribution < -0.4 is 11.1 Å². The zero-order valence-electron chi connectivity index (χ0n) is 12.2. The molecular formula is C13H29N3O. The van der Waals surface area contributed by atoms with Crippen molar-refractivity contribution in [1.82, 2.24) is 10.2 Å². The first-order valence-corrected chi connectivity index (χ1v) is 6.32. The molecule has 0 aromatic carbocycles. The molecule has 0 saturated heterocycles. The van der Waals surface area contributed by atoms with Gasteiger partial charge in [-0.05, 0) is 25.4 Å². The van der Waals surface area contributed by atoms with Crippen molar-refractivity contribution < 1.29 is 4.79 Å². The number of nitrogens with zero attached hydrogens (tertiary/aromatic N) is 1. The van der Waals surface area contributed by atoms with E-state index in [-0.39, 0.29) is 23.2 Å². The Balaban J connectivity index is 4.22. The van der Waals surface area contributed by atoms with Crippen LogP contribution in [0.1, 0.15) is 27.7 Å². The van der Waals surface area contributed by atoms with Gasteiger partial charge in [-0.15, -0.1) is 0 Å². The lowest BCUT2D eigenvalue weighted by atomic mass is 9.91. The van der Waals surface area contributed by atoms with E-state index in [4.69, 9.17) is 5.73 Å². The van der Waals surface area contributed by atoms with E-state index in [0.717, 1.165) is 6.54 Å². The van der Waals surface area contributed by atoms with Crippen LogP contribution in [0, 0.1) is 17.3 Å². The Morgan fingerprint density at radius 3 is 2.24 bits per heavy atom. The van der Waals surface area contributed by atoms with Crippen LogP contribution in [0.3, 0.4) is 0 Å². The monoisotopic (exact) mass is 243 g/mol. The normalized spacial score (nSPS) is 14.2. The van der Waals surface area contributed by atoms with Gasteiger partial charge >= 0.3 is 0 Å². The molecule has 4 nitrogen and oxygen atoms in total. The van der Waals surface area contributed by atoms with Crippen molar-refractivity contribution in [2.75, 3.05) is 33.7 Å². The minimum Gasteiger partial charge on any atom is -0.355 e. The lowest BCUT2D eigenvalue weighted by Gasteiger charge is -2.29. The molecule has 0 rings (SSSR count). The molecule has 1 amide bonds. The van der Waals surface area contributed by atoms with Gasteiger partial charge in [0.25, 0.3) is 0 Å². The first-order valence-electron chi connectivity index (χ1n) is 6.32. The lowest BCUT2D eigenvalue weighted by Crippen LogP contribution is -2.44. The summed E-state index contributed by atoms with van der Waals surface area (Å²) in [5.74, 6) is 0.288. The third kappa shape index (κ3) is 6.64. The quantitative estimate of drug-likeness (QED) is 0.699. The second kappa shape index (κ2) is 6.97. The average Bonchev–Trinajstić information content (AvgIpc) is 2.13. The van der Waals surface area contributed by atoms with Gasteiger partial charge in [-0.2, -0.15) is 0 Å². The molecule has 0 bridgehead atoms. The van der Waals surface area contributed by atoms with Crippen molar-refractivity contribution in [3.05, 3.63) is 0 Å². The third-order valence-corrected chi connectivity index (χ3v) is 2.88. The third-order valence-electron chi connectivity index (χ3n) is 2.88. The van der Waals surface area contributed by atoms with Crippen LogP contribution in [-0.4, -0.2) is 44.5 Å². The van der Waals surface area contributed by atoms with E-state index in [1.54, 1.807) is 0 Å². The minimum absolute atomic E-state index is 0.0781. The lowest BCUT2D eigenvalue weighted by molar-refractivity contribution is -0.126. The van der Waals surface area contributed by atoms with Crippen LogP contribution >= 0.6 is 0 Å².